The van der Waals surface area contributed by atoms with E-state index >= 15 is 0 Å². The second-order valence-electron chi connectivity index (χ2n) is 7.26. The van der Waals surface area contributed by atoms with Gasteiger partial charge in [-0.15, -0.1) is 0 Å². The van der Waals surface area contributed by atoms with E-state index in [4.69, 9.17) is 0 Å². The number of pyridine rings is 1. The number of fused-ring (bicyclic) bond motifs is 2. The summed E-state index contributed by atoms with van der Waals surface area (Å²) in [5.41, 5.74) is 5.34. The molecule has 0 spiro atoms. The van der Waals surface area contributed by atoms with Gasteiger partial charge >= 0.3 is 0 Å². The maximum absolute atomic E-state index is 2.34. The van der Waals surface area contributed by atoms with Gasteiger partial charge in [-0.2, -0.15) is 0 Å². The van der Waals surface area contributed by atoms with Gasteiger partial charge in [0, 0.05) is 6.07 Å². The van der Waals surface area contributed by atoms with Gasteiger partial charge in [-0.3, -0.25) is 0 Å². The van der Waals surface area contributed by atoms with E-state index in [1.165, 1.54) is 43.9 Å². The third kappa shape index (κ3) is 2.60. The lowest BCUT2D eigenvalue weighted by atomic mass is 9.92. The van der Waals surface area contributed by atoms with Crippen LogP contribution in [0.3, 0.4) is 0 Å². The zero-order valence-electron chi connectivity index (χ0n) is 15.4. The first-order valence-corrected chi connectivity index (χ1v) is 8.97. The quantitative estimate of drug-likeness (QED) is 0.403. The Hall–Kier alpha value is -2.67. The predicted octanol–water partition coefficient (Wildman–Crippen LogP) is 5.92. The number of hydrogen-bond donors (Lipinski definition) is 0. The summed E-state index contributed by atoms with van der Waals surface area (Å²) in [7, 11) is 2.15. The van der Waals surface area contributed by atoms with E-state index in [1.54, 1.807) is 0 Å². The Bertz CT molecular complexity index is 1090. The molecular weight excluding hydrogens is 302 g/mol. The molecule has 124 valence electrons. The van der Waals surface area contributed by atoms with Crippen LogP contribution in [0.1, 0.15) is 30.9 Å². The Morgan fingerprint density at radius 2 is 1.60 bits per heavy atom. The van der Waals surface area contributed by atoms with Crippen molar-refractivity contribution in [3.8, 4) is 11.3 Å². The first-order chi connectivity index (χ1) is 12.1. The van der Waals surface area contributed by atoms with Crippen LogP contribution in [0.2, 0.25) is 0 Å². The van der Waals surface area contributed by atoms with Crippen molar-refractivity contribution in [3.05, 3.63) is 78.0 Å². The third-order valence-corrected chi connectivity index (χ3v) is 5.20. The minimum absolute atomic E-state index is 0.543. The molecule has 0 aliphatic carbocycles. The second kappa shape index (κ2) is 6.00. The summed E-state index contributed by atoms with van der Waals surface area (Å²) in [6.45, 7) is 6.71. The number of rotatable bonds is 2. The van der Waals surface area contributed by atoms with Crippen LogP contribution in [0.4, 0.5) is 0 Å². The fourth-order valence-corrected chi connectivity index (χ4v) is 3.76. The Morgan fingerprint density at radius 3 is 2.40 bits per heavy atom. The summed E-state index contributed by atoms with van der Waals surface area (Å²) in [6.07, 6.45) is 2.18. The van der Waals surface area contributed by atoms with E-state index in [1.807, 2.05) is 0 Å². The van der Waals surface area contributed by atoms with E-state index in [0.29, 0.717) is 5.92 Å². The van der Waals surface area contributed by atoms with Crippen molar-refractivity contribution in [2.75, 3.05) is 0 Å². The fourth-order valence-electron chi connectivity index (χ4n) is 3.76. The molecule has 25 heavy (non-hydrogen) atoms. The van der Waals surface area contributed by atoms with Gasteiger partial charge in [-0.05, 0) is 46.2 Å². The number of nitrogens with zero attached hydrogens (tertiary/aromatic N) is 1. The Labute approximate surface area is 149 Å². The largest absolute Gasteiger partial charge is 0.221 e. The molecule has 1 heterocycles. The molecule has 0 bridgehead atoms. The maximum Gasteiger partial charge on any atom is 0.221 e. The monoisotopic (exact) mass is 326 g/mol. The van der Waals surface area contributed by atoms with Crippen molar-refractivity contribution in [2.24, 2.45) is 7.05 Å². The highest BCUT2D eigenvalue weighted by Gasteiger charge is 2.19. The van der Waals surface area contributed by atoms with Crippen molar-refractivity contribution >= 4 is 21.5 Å². The van der Waals surface area contributed by atoms with Crippen molar-refractivity contribution in [1.82, 2.24) is 0 Å². The van der Waals surface area contributed by atoms with E-state index in [0.717, 1.165) is 0 Å². The molecule has 1 heteroatoms. The SMILES string of the molecule is Cc1ccc2ccccc2c1-c1c2ccc(C(C)C)cc2cc[n+]1C. The molecule has 0 fully saturated rings. The Kier molecular flexibility index (Phi) is 3.80. The summed E-state index contributed by atoms with van der Waals surface area (Å²) < 4.78 is 2.26. The van der Waals surface area contributed by atoms with Crippen LogP contribution >= 0.6 is 0 Å². The van der Waals surface area contributed by atoms with Crippen LogP contribution in [0.5, 0.6) is 0 Å². The van der Waals surface area contributed by atoms with Gasteiger partial charge < -0.3 is 0 Å². The summed E-state index contributed by atoms with van der Waals surface area (Å²) in [5, 5.41) is 5.23. The average molecular weight is 326 g/mol. The lowest BCUT2D eigenvalue weighted by molar-refractivity contribution is -0.659. The lowest BCUT2D eigenvalue weighted by Gasteiger charge is -2.13. The number of aromatic nitrogens is 1. The summed E-state index contributed by atoms with van der Waals surface area (Å²) >= 11 is 0. The lowest BCUT2D eigenvalue weighted by Crippen LogP contribution is -2.30. The Morgan fingerprint density at radius 1 is 0.800 bits per heavy atom. The van der Waals surface area contributed by atoms with Gasteiger partial charge in [0.05, 0.1) is 10.9 Å². The van der Waals surface area contributed by atoms with E-state index < -0.39 is 0 Å². The standard InChI is InChI=1S/C24H24N/c1-16(2)19-11-12-22-20(15-19)13-14-25(4)24(22)23-17(3)9-10-18-7-5-6-8-21(18)23/h5-16H,1-4H3/q+1. The molecule has 0 saturated heterocycles. The highest BCUT2D eigenvalue weighted by atomic mass is 14.9. The van der Waals surface area contributed by atoms with Crippen molar-refractivity contribution in [2.45, 2.75) is 26.7 Å². The molecule has 4 aromatic rings. The van der Waals surface area contributed by atoms with E-state index in [9.17, 15) is 0 Å². The van der Waals surface area contributed by atoms with Crippen LogP contribution in [0.15, 0.2) is 66.9 Å². The number of benzene rings is 3. The topological polar surface area (TPSA) is 3.88 Å². The smallest absolute Gasteiger partial charge is 0.200 e. The van der Waals surface area contributed by atoms with Gasteiger partial charge in [0.1, 0.15) is 7.05 Å². The van der Waals surface area contributed by atoms with E-state index in [-0.39, 0.29) is 0 Å². The summed E-state index contributed by atoms with van der Waals surface area (Å²) in [5.74, 6) is 0.543. The molecule has 0 atom stereocenters. The van der Waals surface area contributed by atoms with Crippen molar-refractivity contribution < 1.29 is 4.57 Å². The molecule has 0 amide bonds. The molecule has 1 aromatic heterocycles. The zero-order valence-corrected chi connectivity index (χ0v) is 15.4. The number of hydrogen-bond acceptors (Lipinski definition) is 0. The molecule has 0 N–H and O–H groups in total. The average Bonchev–Trinajstić information content (AvgIpc) is 2.62. The first kappa shape index (κ1) is 15.8. The minimum atomic E-state index is 0.543. The fraction of sp³-hybridized carbons (Fsp3) is 0.208. The van der Waals surface area contributed by atoms with Crippen LogP contribution in [0, 0.1) is 6.92 Å². The molecule has 0 radical (unpaired) electrons. The normalized spacial score (nSPS) is 11.6. The Balaban J connectivity index is 2.11. The minimum Gasteiger partial charge on any atom is -0.200 e. The van der Waals surface area contributed by atoms with Crippen molar-refractivity contribution in [3.63, 3.8) is 0 Å². The zero-order chi connectivity index (χ0) is 17.6. The molecule has 0 aliphatic heterocycles. The van der Waals surface area contributed by atoms with Crippen LogP contribution in [0.25, 0.3) is 32.8 Å². The molecule has 0 saturated carbocycles. The van der Waals surface area contributed by atoms with Gasteiger partial charge in [0.15, 0.2) is 6.20 Å². The van der Waals surface area contributed by atoms with Crippen LogP contribution in [-0.4, -0.2) is 0 Å². The second-order valence-corrected chi connectivity index (χ2v) is 7.26. The molecule has 0 aliphatic rings. The van der Waals surface area contributed by atoms with Gasteiger partial charge in [0.25, 0.3) is 0 Å². The van der Waals surface area contributed by atoms with E-state index in [2.05, 4.69) is 99.2 Å². The predicted molar refractivity (Wildman–Crippen MR) is 107 cm³/mol. The van der Waals surface area contributed by atoms with Crippen LogP contribution in [-0.2, 0) is 7.05 Å². The van der Waals surface area contributed by atoms with Gasteiger partial charge in [-0.25, -0.2) is 4.57 Å². The van der Waals surface area contributed by atoms with Gasteiger partial charge in [0.2, 0.25) is 5.69 Å². The molecule has 3 aromatic carbocycles. The highest BCUT2D eigenvalue weighted by molar-refractivity contribution is 6.04. The summed E-state index contributed by atoms with van der Waals surface area (Å²) in [6, 6.07) is 22.3. The highest BCUT2D eigenvalue weighted by Crippen LogP contribution is 2.34. The third-order valence-electron chi connectivity index (χ3n) is 5.20. The first-order valence-electron chi connectivity index (χ1n) is 8.97. The van der Waals surface area contributed by atoms with Crippen LogP contribution < -0.4 is 4.57 Å². The summed E-state index contributed by atoms with van der Waals surface area (Å²) in [4.78, 5) is 0. The molecule has 1 nitrogen and oxygen atoms in total. The van der Waals surface area contributed by atoms with Gasteiger partial charge in [-0.1, -0.05) is 62.4 Å². The maximum atomic E-state index is 2.34. The molecule has 4 rings (SSSR count). The molecule has 0 unspecified atom stereocenters. The van der Waals surface area contributed by atoms with Crippen molar-refractivity contribution in [1.29, 1.82) is 0 Å². The molecular formula is C24H24N+. The number of aryl methyl sites for hydroxylation is 2.